The zero-order valence-electron chi connectivity index (χ0n) is 19.3. The molecule has 0 fully saturated rings. The third-order valence-corrected chi connectivity index (χ3v) is 6.08. The van der Waals surface area contributed by atoms with Crippen molar-refractivity contribution in [2.24, 2.45) is 0 Å². The lowest BCUT2D eigenvalue weighted by molar-refractivity contribution is -0.120. The van der Waals surface area contributed by atoms with E-state index in [2.05, 4.69) is 24.2 Å². The Kier molecular flexibility index (Phi) is 11.1. The van der Waals surface area contributed by atoms with Crippen LogP contribution in [0.1, 0.15) is 69.4 Å². The standard InChI is InChI=1S/C25H37ClN2O3/c1-4-5-6-7-8-9-10-11-13-28(3)14-12-27-24(29)16-20-17-25(30)31-23-15-19(2)22(26)18-21(20)23/h15,17-18H,4-14,16H2,1-3H3,(H,27,29). The predicted octanol–water partition coefficient (Wildman–Crippen LogP) is 5.49. The van der Waals surface area contributed by atoms with Crippen LogP contribution in [-0.4, -0.2) is 37.5 Å². The molecule has 0 bridgehead atoms. The van der Waals surface area contributed by atoms with Crippen LogP contribution in [0.15, 0.2) is 27.4 Å². The van der Waals surface area contributed by atoms with Gasteiger partial charge in [-0.3, -0.25) is 4.79 Å². The number of rotatable bonds is 14. The van der Waals surface area contributed by atoms with E-state index in [9.17, 15) is 9.59 Å². The summed E-state index contributed by atoms with van der Waals surface area (Å²) in [5.74, 6) is -0.107. The molecule has 1 aromatic heterocycles. The number of nitrogens with one attached hydrogen (secondary N) is 1. The molecule has 1 N–H and O–H groups in total. The van der Waals surface area contributed by atoms with Crippen LogP contribution in [0.4, 0.5) is 0 Å². The molecule has 172 valence electrons. The smallest absolute Gasteiger partial charge is 0.336 e. The molecule has 0 saturated carbocycles. The molecule has 0 aliphatic heterocycles. The minimum absolute atomic E-state index is 0.107. The molecule has 1 aromatic carbocycles. The Bertz CT molecular complexity index is 894. The first-order valence-corrected chi connectivity index (χ1v) is 12.0. The molecule has 2 aromatic rings. The Hall–Kier alpha value is -1.85. The lowest BCUT2D eigenvalue weighted by Crippen LogP contribution is -2.34. The summed E-state index contributed by atoms with van der Waals surface area (Å²) in [6, 6.07) is 4.87. The second-order valence-corrected chi connectivity index (χ2v) is 8.90. The van der Waals surface area contributed by atoms with E-state index in [-0.39, 0.29) is 12.3 Å². The maximum Gasteiger partial charge on any atom is 0.336 e. The van der Waals surface area contributed by atoms with Crippen LogP contribution in [-0.2, 0) is 11.2 Å². The second-order valence-electron chi connectivity index (χ2n) is 8.49. The van der Waals surface area contributed by atoms with Gasteiger partial charge in [-0.1, -0.05) is 63.5 Å². The van der Waals surface area contributed by atoms with E-state index in [1.54, 1.807) is 12.1 Å². The van der Waals surface area contributed by atoms with Crippen molar-refractivity contribution < 1.29 is 9.21 Å². The van der Waals surface area contributed by atoms with Crippen molar-refractivity contribution in [1.82, 2.24) is 10.2 Å². The van der Waals surface area contributed by atoms with Crippen LogP contribution in [0, 0.1) is 6.92 Å². The van der Waals surface area contributed by atoms with E-state index < -0.39 is 5.63 Å². The van der Waals surface area contributed by atoms with Crippen molar-refractivity contribution >= 4 is 28.5 Å². The number of aryl methyl sites for hydroxylation is 1. The van der Waals surface area contributed by atoms with E-state index in [4.69, 9.17) is 16.0 Å². The molecule has 1 heterocycles. The number of hydrogen-bond acceptors (Lipinski definition) is 4. The Labute approximate surface area is 191 Å². The summed E-state index contributed by atoms with van der Waals surface area (Å²) in [4.78, 5) is 26.5. The summed E-state index contributed by atoms with van der Waals surface area (Å²) >= 11 is 6.22. The quantitative estimate of drug-likeness (QED) is 0.306. The molecule has 0 aliphatic rings. The zero-order valence-corrected chi connectivity index (χ0v) is 20.0. The number of nitrogens with zero attached hydrogens (tertiary/aromatic N) is 1. The largest absolute Gasteiger partial charge is 0.423 e. The summed E-state index contributed by atoms with van der Waals surface area (Å²) in [5, 5.41) is 4.25. The fourth-order valence-electron chi connectivity index (χ4n) is 3.74. The van der Waals surface area contributed by atoms with Gasteiger partial charge in [0.15, 0.2) is 0 Å². The zero-order chi connectivity index (χ0) is 22.6. The third kappa shape index (κ3) is 9.04. The van der Waals surface area contributed by atoms with Crippen LogP contribution < -0.4 is 10.9 Å². The molecule has 0 aliphatic carbocycles. The molecule has 0 saturated heterocycles. The van der Waals surface area contributed by atoms with Gasteiger partial charge in [-0.2, -0.15) is 0 Å². The average Bonchev–Trinajstić information content (AvgIpc) is 2.71. The monoisotopic (exact) mass is 448 g/mol. The molecular formula is C25H37ClN2O3. The van der Waals surface area contributed by atoms with Crippen LogP contribution in [0.25, 0.3) is 11.0 Å². The van der Waals surface area contributed by atoms with Gasteiger partial charge in [0, 0.05) is 29.6 Å². The SMILES string of the molecule is CCCCCCCCCCN(C)CCNC(=O)Cc1cc(=O)oc2cc(C)c(Cl)cc12. The van der Waals surface area contributed by atoms with Crippen LogP contribution in [0.5, 0.6) is 0 Å². The molecule has 0 unspecified atom stereocenters. The molecule has 31 heavy (non-hydrogen) atoms. The Morgan fingerprint density at radius 1 is 1.03 bits per heavy atom. The molecule has 0 atom stereocenters. The fraction of sp³-hybridized carbons (Fsp3) is 0.600. The van der Waals surface area contributed by atoms with E-state index in [0.29, 0.717) is 28.1 Å². The van der Waals surface area contributed by atoms with Gasteiger partial charge >= 0.3 is 5.63 Å². The average molecular weight is 449 g/mol. The highest BCUT2D eigenvalue weighted by Gasteiger charge is 2.12. The third-order valence-electron chi connectivity index (χ3n) is 5.67. The molecular weight excluding hydrogens is 412 g/mol. The lowest BCUT2D eigenvalue weighted by atomic mass is 10.1. The maximum absolute atomic E-state index is 12.4. The van der Waals surface area contributed by atoms with Gasteiger partial charge in [-0.25, -0.2) is 4.79 Å². The highest BCUT2D eigenvalue weighted by Crippen LogP contribution is 2.25. The second kappa shape index (κ2) is 13.5. The summed E-state index contributed by atoms with van der Waals surface area (Å²) in [7, 11) is 2.09. The van der Waals surface area contributed by atoms with Gasteiger partial charge < -0.3 is 14.6 Å². The number of carbonyl (C=O) groups excluding carboxylic acids is 1. The summed E-state index contributed by atoms with van der Waals surface area (Å²) in [5.41, 5.74) is 1.47. The van der Waals surface area contributed by atoms with Crippen molar-refractivity contribution in [2.45, 2.75) is 71.6 Å². The minimum Gasteiger partial charge on any atom is -0.423 e. The number of carbonyl (C=O) groups is 1. The molecule has 5 nitrogen and oxygen atoms in total. The topological polar surface area (TPSA) is 62.6 Å². The first-order chi connectivity index (χ1) is 14.9. The molecule has 0 spiro atoms. The summed E-state index contributed by atoms with van der Waals surface area (Å²) in [6.45, 7) is 6.55. The first-order valence-electron chi connectivity index (χ1n) is 11.6. The highest BCUT2D eigenvalue weighted by atomic mass is 35.5. The van der Waals surface area contributed by atoms with Crippen LogP contribution >= 0.6 is 11.6 Å². The maximum atomic E-state index is 12.4. The lowest BCUT2D eigenvalue weighted by Gasteiger charge is -2.17. The van der Waals surface area contributed by atoms with Crippen molar-refractivity contribution in [1.29, 1.82) is 0 Å². The van der Waals surface area contributed by atoms with Gasteiger partial charge in [0.1, 0.15) is 5.58 Å². The number of likely N-dealkylation sites (N-methyl/N-ethyl adjacent to an activating group) is 1. The van der Waals surface area contributed by atoms with E-state index in [1.807, 2.05) is 6.92 Å². The molecule has 0 radical (unpaired) electrons. The van der Waals surface area contributed by atoms with E-state index >= 15 is 0 Å². The molecule has 1 amide bonds. The van der Waals surface area contributed by atoms with E-state index in [0.717, 1.165) is 18.7 Å². The predicted molar refractivity (Wildman–Crippen MR) is 129 cm³/mol. The first kappa shape index (κ1) is 25.4. The Morgan fingerprint density at radius 3 is 2.42 bits per heavy atom. The highest BCUT2D eigenvalue weighted by molar-refractivity contribution is 6.32. The number of unbranched alkanes of at least 4 members (excludes halogenated alkanes) is 7. The van der Waals surface area contributed by atoms with Crippen molar-refractivity contribution in [3.8, 4) is 0 Å². The van der Waals surface area contributed by atoms with Crippen LogP contribution in [0.2, 0.25) is 5.02 Å². The van der Waals surface area contributed by atoms with Gasteiger partial charge in [-0.15, -0.1) is 0 Å². The molecule has 2 rings (SSSR count). The van der Waals surface area contributed by atoms with Crippen molar-refractivity contribution in [3.05, 3.63) is 44.8 Å². The fourth-order valence-corrected chi connectivity index (χ4v) is 3.91. The molecule has 6 heteroatoms. The Balaban J connectivity index is 1.70. The number of halogens is 1. The number of benzene rings is 1. The van der Waals surface area contributed by atoms with Crippen molar-refractivity contribution in [2.75, 3.05) is 26.7 Å². The van der Waals surface area contributed by atoms with Crippen molar-refractivity contribution in [3.63, 3.8) is 0 Å². The van der Waals surface area contributed by atoms with Gasteiger partial charge in [-0.05, 0) is 50.2 Å². The van der Waals surface area contributed by atoms with Gasteiger partial charge in [0.05, 0.1) is 6.42 Å². The van der Waals surface area contributed by atoms with Gasteiger partial charge in [0.25, 0.3) is 0 Å². The number of fused-ring (bicyclic) bond motifs is 1. The van der Waals surface area contributed by atoms with E-state index in [1.165, 1.54) is 57.4 Å². The minimum atomic E-state index is -0.456. The normalized spacial score (nSPS) is 11.4. The van der Waals surface area contributed by atoms with Crippen LogP contribution in [0.3, 0.4) is 0 Å². The van der Waals surface area contributed by atoms with Gasteiger partial charge in [0.2, 0.25) is 5.91 Å². The summed E-state index contributed by atoms with van der Waals surface area (Å²) in [6.07, 6.45) is 10.6. The number of amides is 1. The number of hydrogen-bond donors (Lipinski definition) is 1. The Morgan fingerprint density at radius 2 is 1.71 bits per heavy atom. The summed E-state index contributed by atoms with van der Waals surface area (Å²) < 4.78 is 5.26.